The van der Waals surface area contributed by atoms with Gasteiger partial charge >= 0.3 is 0 Å². The highest BCUT2D eigenvalue weighted by Crippen LogP contribution is 2.35. The Morgan fingerprint density at radius 1 is 0.882 bits per heavy atom. The monoisotopic (exact) mass is 445 g/mol. The van der Waals surface area contributed by atoms with Gasteiger partial charge in [0.2, 0.25) is 5.91 Å². The van der Waals surface area contributed by atoms with Crippen molar-refractivity contribution in [2.24, 2.45) is 0 Å². The van der Waals surface area contributed by atoms with Gasteiger partial charge in [0.15, 0.2) is 0 Å². The minimum Gasteiger partial charge on any atom is -0.323 e. The molecule has 2 heterocycles. The summed E-state index contributed by atoms with van der Waals surface area (Å²) in [6.45, 7) is 5.55. The van der Waals surface area contributed by atoms with Gasteiger partial charge in [-0.1, -0.05) is 66.2 Å². The van der Waals surface area contributed by atoms with Crippen LogP contribution >= 0.6 is 0 Å². The summed E-state index contributed by atoms with van der Waals surface area (Å²) in [5.41, 5.74) is 6.69. The fraction of sp³-hybridized carbons (Fsp3) is 0.200. The third-order valence-corrected chi connectivity index (χ3v) is 6.97. The molecule has 4 aromatic carbocycles. The fourth-order valence-corrected chi connectivity index (χ4v) is 5.31. The van der Waals surface area contributed by atoms with Crippen molar-refractivity contribution in [3.05, 3.63) is 107 Å². The Balaban J connectivity index is 1.39. The summed E-state index contributed by atoms with van der Waals surface area (Å²) >= 11 is 0. The predicted octanol–water partition coefficient (Wildman–Crippen LogP) is 6.38. The lowest BCUT2D eigenvalue weighted by Gasteiger charge is -2.20. The number of carbonyl (C=O) groups excluding carboxylic acids is 1. The van der Waals surface area contributed by atoms with E-state index in [0.29, 0.717) is 13.0 Å². The maximum absolute atomic E-state index is 13.1. The van der Waals surface area contributed by atoms with Crippen molar-refractivity contribution < 1.29 is 4.79 Å². The number of hydrogen-bond donors (Lipinski definition) is 0. The topological polar surface area (TPSA) is 38.1 Å². The van der Waals surface area contributed by atoms with Gasteiger partial charge in [0.25, 0.3) is 0 Å². The van der Waals surface area contributed by atoms with Gasteiger partial charge < -0.3 is 9.47 Å². The van der Waals surface area contributed by atoms with Crippen molar-refractivity contribution in [2.45, 2.75) is 32.7 Å². The van der Waals surface area contributed by atoms with Crippen LogP contribution in [0.5, 0.6) is 0 Å². The quantitative estimate of drug-likeness (QED) is 0.322. The normalized spacial score (nSPS) is 16.1. The van der Waals surface area contributed by atoms with E-state index in [-0.39, 0.29) is 11.8 Å². The number of nitrogens with zero attached hydrogens (tertiary/aromatic N) is 3. The van der Waals surface area contributed by atoms with Gasteiger partial charge in [0.1, 0.15) is 5.82 Å². The van der Waals surface area contributed by atoms with Crippen LogP contribution in [0.4, 0.5) is 5.69 Å². The number of hydrogen-bond acceptors (Lipinski definition) is 2. The number of benzene rings is 4. The van der Waals surface area contributed by atoms with Gasteiger partial charge in [-0.15, -0.1) is 0 Å². The average Bonchev–Trinajstić information content (AvgIpc) is 3.40. The van der Waals surface area contributed by atoms with Crippen molar-refractivity contribution >= 4 is 33.4 Å². The zero-order valence-electron chi connectivity index (χ0n) is 19.5. The lowest BCUT2D eigenvalue weighted by Crippen LogP contribution is -2.25. The molecule has 1 atom stereocenters. The number of para-hydroxylation sites is 2. The second-order valence-corrected chi connectivity index (χ2v) is 9.42. The second kappa shape index (κ2) is 8.14. The second-order valence-electron chi connectivity index (χ2n) is 9.42. The van der Waals surface area contributed by atoms with Gasteiger partial charge in [-0.3, -0.25) is 4.79 Å². The SMILES string of the molecule is Cc1ccc(N2CC(c3nc4ccccc4n3Cc3ccc4ccccc4c3)CC2=O)c(C)c1. The van der Waals surface area contributed by atoms with E-state index in [1.54, 1.807) is 0 Å². The van der Waals surface area contributed by atoms with Crippen LogP contribution in [0, 0.1) is 13.8 Å². The molecule has 0 saturated carbocycles. The van der Waals surface area contributed by atoms with Crippen LogP contribution in [0.3, 0.4) is 0 Å². The van der Waals surface area contributed by atoms with Gasteiger partial charge in [-0.05, 0) is 60.0 Å². The average molecular weight is 446 g/mol. The standard InChI is InChI=1S/C30H27N3O/c1-20-11-14-27(21(2)15-20)32-19-25(17-29(32)34)30-31-26-9-5-6-10-28(26)33(30)18-22-12-13-23-7-3-4-8-24(23)16-22/h3-16,25H,17-19H2,1-2H3. The lowest BCUT2D eigenvalue weighted by atomic mass is 10.1. The third kappa shape index (κ3) is 3.56. The molecular weight excluding hydrogens is 418 g/mol. The van der Waals surface area contributed by atoms with Crippen LogP contribution in [-0.2, 0) is 11.3 Å². The highest BCUT2D eigenvalue weighted by atomic mass is 16.2. The molecule has 6 rings (SSSR count). The Morgan fingerprint density at radius 3 is 2.53 bits per heavy atom. The molecule has 4 heteroatoms. The van der Waals surface area contributed by atoms with E-state index in [0.717, 1.165) is 34.7 Å². The van der Waals surface area contributed by atoms with Crippen molar-refractivity contribution in [1.29, 1.82) is 0 Å². The summed E-state index contributed by atoms with van der Waals surface area (Å²) in [4.78, 5) is 20.1. The molecule has 1 saturated heterocycles. The number of fused-ring (bicyclic) bond motifs is 2. The van der Waals surface area contributed by atoms with Gasteiger partial charge in [-0.2, -0.15) is 0 Å². The largest absolute Gasteiger partial charge is 0.323 e. The van der Waals surface area contributed by atoms with E-state index in [1.165, 1.54) is 21.9 Å². The fourth-order valence-electron chi connectivity index (χ4n) is 5.31. The van der Waals surface area contributed by atoms with Gasteiger partial charge in [0, 0.05) is 31.1 Å². The van der Waals surface area contributed by atoms with Crippen LogP contribution in [0.15, 0.2) is 84.9 Å². The molecule has 1 amide bonds. The summed E-state index contributed by atoms with van der Waals surface area (Å²) in [5.74, 6) is 1.22. The van der Waals surface area contributed by atoms with Crippen LogP contribution in [-0.4, -0.2) is 22.0 Å². The maximum Gasteiger partial charge on any atom is 0.227 e. The molecule has 0 bridgehead atoms. The maximum atomic E-state index is 13.1. The van der Waals surface area contributed by atoms with E-state index in [4.69, 9.17) is 4.98 Å². The Labute approximate surface area is 199 Å². The molecular formula is C30H27N3O. The first-order chi connectivity index (χ1) is 16.6. The lowest BCUT2D eigenvalue weighted by molar-refractivity contribution is -0.117. The highest BCUT2D eigenvalue weighted by Gasteiger charge is 2.35. The molecule has 1 aliphatic heterocycles. The molecule has 1 aromatic heterocycles. The highest BCUT2D eigenvalue weighted by molar-refractivity contribution is 5.97. The van der Waals surface area contributed by atoms with Crippen molar-refractivity contribution in [3.63, 3.8) is 0 Å². The molecule has 4 nitrogen and oxygen atoms in total. The van der Waals surface area contributed by atoms with Crippen LogP contribution in [0.25, 0.3) is 21.8 Å². The molecule has 34 heavy (non-hydrogen) atoms. The predicted molar refractivity (Wildman–Crippen MR) is 138 cm³/mol. The smallest absolute Gasteiger partial charge is 0.227 e. The number of aromatic nitrogens is 2. The van der Waals surface area contributed by atoms with Crippen molar-refractivity contribution in [3.8, 4) is 0 Å². The van der Waals surface area contributed by atoms with Gasteiger partial charge in [-0.25, -0.2) is 4.98 Å². The summed E-state index contributed by atoms with van der Waals surface area (Å²) < 4.78 is 2.31. The number of anilines is 1. The Bertz CT molecular complexity index is 1550. The third-order valence-electron chi connectivity index (χ3n) is 6.97. The Hall–Kier alpha value is -3.92. The molecule has 0 radical (unpaired) electrons. The van der Waals surface area contributed by atoms with E-state index >= 15 is 0 Å². The van der Waals surface area contributed by atoms with Crippen LogP contribution in [0.1, 0.15) is 34.9 Å². The van der Waals surface area contributed by atoms with Gasteiger partial charge in [0.05, 0.1) is 11.0 Å². The molecule has 168 valence electrons. The Morgan fingerprint density at radius 2 is 1.68 bits per heavy atom. The summed E-state index contributed by atoms with van der Waals surface area (Å²) in [7, 11) is 0. The van der Waals surface area contributed by atoms with E-state index < -0.39 is 0 Å². The molecule has 1 unspecified atom stereocenters. The zero-order chi connectivity index (χ0) is 23.2. The number of rotatable bonds is 4. The van der Waals surface area contributed by atoms with Crippen molar-refractivity contribution in [1.82, 2.24) is 9.55 Å². The number of amides is 1. The zero-order valence-corrected chi connectivity index (χ0v) is 19.5. The molecule has 1 fully saturated rings. The number of aryl methyl sites for hydroxylation is 2. The Kier molecular flexibility index (Phi) is 4.95. The van der Waals surface area contributed by atoms with Crippen LogP contribution < -0.4 is 4.90 Å². The minimum atomic E-state index is 0.0565. The number of carbonyl (C=O) groups is 1. The van der Waals surface area contributed by atoms with E-state index in [9.17, 15) is 4.79 Å². The van der Waals surface area contributed by atoms with Crippen LogP contribution in [0.2, 0.25) is 0 Å². The molecule has 1 aliphatic rings. The molecule has 5 aromatic rings. The minimum absolute atomic E-state index is 0.0565. The first-order valence-corrected chi connectivity index (χ1v) is 11.9. The molecule has 0 N–H and O–H groups in total. The van der Waals surface area contributed by atoms with E-state index in [2.05, 4.69) is 97.3 Å². The molecule has 0 aliphatic carbocycles. The first kappa shape index (κ1) is 20.7. The van der Waals surface area contributed by atoms with Crippen molar-refractivity contribution in [2.75, 3.05) is 11.4 Å². The van der Waals surface area contributed by atoms with E-state index in [1.807, 2.05) is 11.0 Å². The summed E-state index contributed by atoms with van der Waals surface area (Å²) in [6.07, 6.45) is 0.481. The molecule has 0 spiro atoms. The summed E-state index contributed by atoms with van der Waals surface area (Å²) in [6, 6.07) is 29.7. The number of imidazole rings is 1. The first-order valence-electron chi connectivity index (χ1n) is 11.9. The summed E-state index contributed by atoms with van der Waals surface area (Å²) in [5, 5.41) is 2.48.